The van der Waals surface area contributed by atoms with Crippen LogP contribution in [0.15, 0.2) is 24.3 Å². The molecule has 0 aliphatic carbocycles. The van der Waals surface area contributed by atoms with Crippen molar-refractivity contribution < 1.29 is 23.9 Å². The summed E-state index contributed by atoms with van der Waals surface area (Å²) in [6, 6.07) is 5.60. The number of hydrogen-bond donors (Lipinski definition) is 1. The lowest BCUT2D eigenvalue weighted by Crippen LogP contribution is -2.53. The number of benzene rings is 1. The van der Waals surface area contributed by atoms with Crippen LogP contribution in [0.5, 0.6) is 0 Å². The van der Waals surface area contributed by atoms with Crippen LogP contribution in [0.4, 0.5) is 5.69 Å². The third kappa shape index (κ3) is 7.22. The highest BCUT2D eigenvalue weighted by atomic mass is 16.5. The molecule has 9 nitrogen and oxygen atoms in total. The minimum Gasteiger partial charge on any atom is -0.372 e. The van der Waals surface area contributed by atoms with E-state index in [2.05, 4.69) is 37.9 Å². The van der Waals surface area contributed by atoms with Crippen molar-refractivity contribution in [2.75, 3.05) is 38.2 Å². The van der Waals surface area contributed by atoms with Crippen LogP contribution in [-0.4, -0.2) is 90.8 Å². The van der Waals surface area contributed by atoms with Crippen molar-refractivity contribution in [2.45, 2.75) is 91.5 Å². The SMILES string of the molecule is CCN(CC)c1ccc(C(=O)NC(CC(C)C)C(=O)N2CCC3C2C(=O)CN3C(=O)C(CCC(C)C)OC)cc1. The number of carbonyl (C=O) groups excluding carboxylic acids is 4. The van der Waals surface area contributed by atoms with Gasteiger partial charge in [-0.15, -0.1) is 0 Å². The third-order valence-electron chi connectivity index (χ3n) is 8.12. The Balaban J connectivity index is 1.73. The fourth-order valence-corrected chi connectivity index (χ4v) is 5.92. The van der Waals surface area contributed by atoms with E-state index >= 15 is 0 Å². The topological polar surface area (TPSA) is 99.3 Å². The molecule has 4 atom stereocenters. The highest BCUT2D eigenvalue weighted by Gasteiger charge is 2.53. The summed E-state index contributed by atoms with van der Waals surface area (Å²) in [6.45, 7) is 14.5. The van der Waals surface area contributed by atoms with Crippen LogP contribution >= 0.6 is 0 Å². The van der Waals surface area contributed by atoms with Gasteiger partial charge in [-0.1, -0.05) is 27.7 Å². The van der Waals surface area contributed by atoms with Crippen LogP contribution in [0.3, 0.4) is 0 Å². The zero-order valence-corrected chi connectivity index (χ0v) is 25.3. The lowest BCUT2D eigenvalue weighted by molar-refractivity contribution is -0.144. The van der Waals surface area contributed by atoms with Crippen molar-refractivity contribution in [3.05, 3.63) is 29.8 Å². The lowest BCUT2D eigenvalue weighted by Gasteiger charge is -2.29. The Morgan fingerprint density at radius 3 is 2.17 bits per heavy atom. The van der Waals surface area contributed by atoms with Crippen molar-refractivity contribution in [1.82, 2.24) is 15.1 Å². The largest absolute Gasteiger partial charge is 0.372 e. The second-order valence-electron chi connectivity index (χ2n) is 11.8. The first-order valence-electron chi connectivity index (χ1n) is 14.8. The van der Waals surface area contributed by atoms with Gasteiger partial charge in [-0.05, 0) is 75.6 Å². The van der Waals surface area contributed by atoms with E-state index in [0.717, 1.165) is 25.2 Å². The highest BCUT2D eigenvalue weighted by Crippen LogP contribution is 2.32. The van der Waals surface area contributed by atoms with Crippen molar-refractivity contribution in [3.63, 3.8) is 0 Å². The van der Waals surface area contributed by atoms with Gasteiger partial charge in [0, 0.05) is 38.0 Å². The maximum atomic E-state index is 13.8. The summed E-state index contributed by atoms with van der Waals surface area (Å²) in [6.07, 6.45) is 1.83. The Morgan fingerprint density at radius 1 is 0.975 bits per heavy atom. The summed E-state index contributed by atoms with van der Waals surface area (Å²) in [5.41, 5.74) is 1.52. The number of likely N-dealkylation sites (tertiary alicyclic amines) is 2. The Morgan fingerprint density at radius 2 is 1.62 bits per heavy atom. The predicted octanol–water partition coefficient (Wildman–Crippen LogP) is 3.51. The molecule has 0 radical (unpaired) electrons. The van der Waals surface area contributed by atoms with Gasteiger partial charge in [0.05, 0.1) is 12.6 Å². The van der Waals surface area contributed by atoms with Gasteiger partial charge in [-0.25, -0.2) is 0 Å². The number of methoxy groups -OCH3 is 1. The number of ketones is 1. The molecular weight excluding hydrogens is 508 g/mol. The minimum absolute atomic E-state index is 0.0143. The first-order valence-corrected chi connectivity index (χ1v) is 14.8. The van der Waals surface area contributed by atoms with Gasteiger partial charge in [0.2, 0.25) is 5.91 Å². The number of nitrogens with one attached hydrogen (secondary N) is 1. The van der Waals surface area contributed by atoms with Crippen molar-refractivity contribution >= 4 is 29.2 Å². The van der Waals surface area contributed by atoms with E-state index in [1.54, 1.807) is 21.9 Å². The molecule has 9 heteroatoms. The Bertz CT molecular complexity index is 1040. The van der Waals surface area contributed by atoms with Crippen molar-refractivity contribution in [1.29, 1.82) is 0 Å². The van der Waals surface area contributed by atoms with Crippen molar-refractivity contribution in [2.24, 2.45) is 11.8 Å². The quantitative estimate of drug-likeness (QED) is 0.399. The van der Waals surface area contributed by atoms with E-state index < -0.39 is 18.2 Å². The van der Waals surface area contributed by atoms with E-state index in [0.29, 0.717) is 37.3 Å². The average molecular weight is 557 g/mol. The van der Waals surface area contributed by atoms with E-state index in [-0.39, 0.29) is 42.0 Å². The highest BCUT2D eigenvalue weighted by molar-refractivity contribution is 6.01. The third-order valence-corrected chi connectivity index (χ3v) is 8.12. The standard InChI is InChI=1S/C31H48N4O5/c1-8-33(9-2)23-13-11-22(12-14-23)29(37)32-24(18-21(5)6)30(38)34-17-16-25-28(34)26(36)19-35(25)31(39)27(40-7)15-10-20(3)4/h11-14,20-21,24-25,27-28H,8-10,15-19H2,1-7H3,(H,32,37). The predicted molar refractivity (Wildman–Crippen MR) is 156 cm³/mol. The van der Waals surface area contributed by atoms with Gasteiger partial charge in [-0.3, -0.25) is 19.2 Å². The van der Waals surface area contributed by atoms with Crippen LogP contribution in [0.2, 0.25) is 0 Å². The Hall–Kier alpha value is -2.94. The zero-order valence-electron chi connectivity index (χ0n) is 25.3. The number of carbonyl (C=O) groups is 4. The van der Waals surface area contributed by atoms with Crippen LogP contribution < -0.4 is 10.2 Å². The average Bonchev–Trinajstić information content (AvgIpc) is 3.50. The molecule has 0 spiro atoms. The summed E-state index contributed by atoms with van der Waals surface area (Å²) in [7, 11) is 1.53. The molecule has 2 saturated heterocycles. The molecule has 0 saturated carbocycles. The molecule has 3 amide bonds. The van der Waals surface area contributed by atoms with E-state index in [1.807, 2.05) is 26.0 Å². The number of rotatable bonds is 13. The summed E-state index contributed by atoms with van der Waals surface area (Å²) in [4.78, 5) is 58.9. The van der Waals surface area contributed by atoms with Crippen LogP contribution in [0, 0.1) is 11.8 Å². The molecule has 1 aromatic rings. The van der Waals surface area contributed by atoms with E-state index in [9.17, 15) is 19.2 Å². The molecule has 0 aromatic heterocycles. The van der Waals surface area contributed by atoms with Crippen LogP contribution in [-0.2, 0) is 19.1 Å². The molecule has 2 fully saturated rings. The van der Waals surface area contributed by atoms with Gasteiger partial charge in [0.25, 0.3) is 11.8 Å². The Kier molecular flexibility index (Phi) is 11.1. The number of hydrogen-bond acceptors (Lipinski definition) is 6. The lowest BCUT2D eigenvalue weighted by atomic mass is 10.0. The van der Waals surface area contributed by atoms with Gasteiger partial charge in [0.15, 0.2) is 5.78 Å². The summed E-state index contributed by atoms with van der Waals surface area (Å²) in [5.74, 6) is -0.309. The molecule has 2 aliphatic rings. The minimum atomic E-state index is -0.760. The molecule has 2 heterocycles. The first kappa shape index (κ1) is 31.6. The van der Waals surface area contributed by atoms with Gasteiger partial charge >= 0.3 is 0 Å². The van der Waals surface area contributed by atoms with Gasteiger partial charge in [0.1, 0.15) is 18.2 Å². The monoisotopic (exact) mass is 556 g/mol. The van der Waals surface area contributed by atoms with Crippen molar-refractivity contribution in [3.8, 4) is 0 Å². The summed E-state index contributed by atoms with van der Waals surface area (Å²) < 4.78 is 5.50. The normalized spacial score (nSPS) is 20.2. The number of ether oxygens (including phenoxy) is 1. The molecule has 222 valence electrons. The van der Waals surface area contributed by atoms with E-state index in [4.69, 9.17) is 4.74 Å². The number of nitrogens with zero attached hydrogens (tertiary/aromatic N) is 3. The molecule has 2 aliphatic heterocycles. The number of amides is 3. The number of fused-ring (bicyclic) bond motifs is 1. The number of anilines is 1. The molecule has 1 N–H and O–H groups in total. The molecular formula is C31H48N4O5. The maximum Gasteiger partial charge on any atom is 0.252 e. The fraction of sp³-hybridized carbons (Fsp3) is 0.677. The van der Waals surface area contributed by atoms with Crippen LogP contribution in [0.1, 0.15) is 77.6 Å². The fourth-order valence-electron chi connectivity index (χ4n) is 5.92. The summed E-state index contributed by atoms with van der Waals surface area (Å²) in [5, 5.41) is 2.95. The smallest absolute Gasteiger partial charge is 0.252 e. The van der Waals surface area contributed by atoms with Crippen LogP contribution in [0.25, 0.3) is 0 Å². The van der Waals surface area contributed by atoms with E-state index in [1.165, 1.54) is 7.11 Å². The molecule has 0 bridgehead atoms. The van der Waals surface area contributed by atoms with Gasteiger partial charge in [-0.2, -0.15) is 0 Å². The molecule has 40 heavy (non-hydrogen) atoms. The first-order chi connectivity index (χ1) is 19.0. The number of Topliss-reactive ketones (excluding diaryl/α,β-unsaturated/α-hetero) is 1. The second-order valence-corrected chi connectivity index (χ2v) is 11.8. The molecule has 1 aromatic carbocycles. The molecule has 3 rings (SSSR count). The van der Waals surface area contributed by atoms with Gasteiger partial charge < -0.3 is 24.8 Å². The Labute approximate surface area is 239 Å². The second kappa shape index (κ2) is 14.1. The zero-order chi connectivity index (χ0) is 29.6. The maximum absolute atomic E-state index is 13.8. The summed E-state index contributed by atoms with van der Waals surface area (Å²) >= 11 is 0. The molecule has 4 unspecified atom stereocenters.